The van der Waals surface area contributed by atoms with Crippen LogP contribution < -0.4 is 5.48 Å². The molecule has 22 heavy (non-hydrogen) atoms. The Balaban J connectivity index is 1.69. The lowest BCUT2D eigenvalue weighted by atomic mass is 10.1. The Morgan fingerprint density at radius 2 is 2.32 bits per heavy atom. The minimum Gasteiger partial charge on any atom is -0.337 e. The summed E-state index contributed by atoms with van der Waals surface area (Å²) in [4.78, 5) is 31.4. The smallest absolute Gasteiger partial charge is 0.284 e. The number of rotatable bonds is 3. The van der Waals surface area contributed by atoms with Crippen molar-refractivity contribution in [3.63, 3.8) is 0 Å². The van der Waals surface area contributed by atoms with Crippen LogP contribution in [0.25, 0.3) is 0 Å². The van der Waals surface area contributed by atoms with E-state index in [9.17, 15) is 9.59 Å². The van der Waals surface area contributed by atoms with Gasteiger partial charge in [-0.2, -0.15) is 0 Å². The Kier molecular flexibility index (Phi) is 4.23. The Hall–Kier alpha value is -1.77. The normalized spacial score (nSPS) is 13.8. The van der Waals surface area contributed by atoms with E-state index in [4.69, 9.17) is 5.21 Å². The minimum absolute atomic E-state index is 0.0532. The zero-order valence-corrected chi connectivity index (χ0v) is 13.6. The maximum atomic E-state index is 12.4. The second-order valence-corrected chi connectivity index (χ2v) is 7.30. The number of carbonyl (C=O) groups is 2. The van der Waals surface area contributed by atoms with Crippen molar-refractivity contribution in [2.75, 3.05) is 6.54 Å². The monoisotopic (exact) mass is 337 g/mol. The van der Waals surface area contributed by atoms with Crippen molar-refractivity contribution in [2.24, 2.45) is 0 Å². The number of carbonyl (C=O) groups excluding carboxylic acids is 2. The van der Waals surface area contributed by atoms with E-state index in [1.807, 2.05) is 12.3 Å². The fourth-order valence-electron chi connectivity index (χ4n) is 2.46. The number of hydroxylamine groups is 1. The maximum absolute atomic E-state index is 12.4. The van der Waals surface area contributed by atoms with Crippen molar-refractivity contribution in [3.05, 3.63) is 37.5 Å². The molecule has 0 aliphatic carbocycles. The lowest BCUT2D eigenvalue weighted by molar-refractivity contribution is -0.131. The first-order valence-corrected chi connectivity index (χ1v) is 8.51. The van der Waals surface area contributed by atoms with Gasteiger partial charge in [0.2, 0.25) is 5.91 Å². The van der Waals surface area contributed by atoms with Crippen LogP contribution in [0, 0.1) is 6.92 Å². The molecule has 8 heteroatoms. The largest absolute Gasteiger partial charge is 0.337 e. The van der Waals surface area contributed by atoms with Gasteiger partial charge in [0.25, 0.3) is 5.91 Å². The highest BCUT2D eigenvalue weighted by Gasteiger charge is 2.24. The minimum atomic E-state index is -0.504. The number of aromatic nitrogens is 1. The fraction of sp³-hybridized carbons (Fsp3) is 0.357. The molecular formula is C14H15N3O3S2. The molecule has 116 valence electrons. The van der Waals surface area contributed by atoms with Crippen molar-refractivity contribution in [3.8, 4) is 0 Å². The third-order valence-corrected chi connectivity index (χ3v) is 5.54. The van der Waals surface area contributed by atoms with E-state index in [1.165, 1.54) is 11.3 Å². The molecule has 0 saturated carbocycles. The van der Waals surface area contributed by atoms with Crippen LogP contribution in [0.1, 0.15) is 30.8 Å². The number of hydrogen-bond acceptors (Lipinski definition) is 6. The topological polar surface area (TPSA) is 82.5 Å². The zero-order valence-electron chi connectivity index (χ0n) is 12.0. The average molecular weight is 337 g/mol. The summed E-state index contributed by atoms with van der Waals surface area (Å²) in [5.41, 5.74) is 3.53. The van der Waals surface area contributed by atoms with Crippen LogP contribution in [0.2, 0.25) is 0 Å². The molecule has 2 amide bonds. The lowest BCUT2D eigenvalue weighted by Gasteiger charge is -2.26. The van der Waals surface area contributed by atoms with Gasteiger partial charge in [0, 0.05) is 16.8 Å². The van der Waals surface area contributed by atoms with Gasteiger partial charge in [-0.1, -0.05) is 0 Å². The SMILES string of the molecule is Cc1nc(CC(=O)N2CCc3cc(C(=O)NO)sc3C2)cs1. The van der Waals surface area contributed by atoms with E-state index >= 15 is 0 Å². The number of nitrogens with one attached hydrogen (secondary N) is 1. The molecule has 0 spiro atoms. The standard InChI is InChI=1S/C14H15N3O3S2/c1-8-15-10(7-21-8)5-13(18)17-3-2-9-4-11(14(19)16-20)22-12(9)6-17/h4,7,20H,2-3,5-6H2,1H3,(H,16,19). The van der Waals surface area contributed by atoms with E-state index in [-0.39, 0.29) is 5.91 Å². The quantitative estimate of drug-likeness (QED) is 0.660. The summed E-state index contributed by atoms with van der Waals surface area (Å²) in [6.07, 6.45) is 1.04. The number of amides is 2. The van der Waals surface area contributed by atoms with Gasteiger partial charge in [0.05, 0.1) is 28.5 Å². The molecule has 1 aliphatic heterocycles. The molecule has 1 aliphatic rings. The number of hydrogen-bond donors (Lipinski definition) is 2. The Morgan fingerprint density at radius 1 is 1.50 bits per heavy atom. The van der Waals surface area contributed by atoms with E-state index in [1.54, 1.807) is 27.8 Å². The highest BCUT2D eigenvalue weighted by Crippen LogP contribution is 2.28. The fourth-order valence-corrected chi connectivity index (χ4v) is 4.19. The van der Waals surface area contributed by atoms with Crippen LogP contribution in [0.15, 0.2) is 11.4 Å². The summed E-state index contributed by atoms with van der Waals surface area (Å²) >= 11 is 2.86. The van der Waals surface area contributed by atoms with E-state index in [0.29, 0.717) is 24.4 Å². The van der Waals surface area contributed by atoms with Crippen LogP contribution >= 0.6 is 22.7 Å². The van der Waals surface area contributed by atoms with Crippen molar-refractivity contribution in [2.45, 2.75) is 26.3 Å². The average Bonchev–Trinajstić information content (AvgIpc) is 3.11. The maximum Gasteiger partial charge on any atom is 0.284 e. The van der Waals surface area contributed by atoms with Gasteiger partial charge < -0.3 is 4.90 Å². The van der Waals surface area contributed by atoms with Crippen LogP contribution in [0.4, 0.5) is 0 Å². The van der Waals surface area contributed by atoms with Gasteiger partial charge in [0.15, 0.2) is 0 Å². The Morgan fingerprint density at radius 3 is 3.00 bits per heavy atom. The van der Waals surface area contributed by atoms with Crippen LogP contribution in [-0.4, -0.2) is 33.5 Å². The zero-order chi connectivity index (χ0) is 15.7. The molecule has 0 unspecified atom stereocenters. The molecule has 3 rings (SSSR count). The summed E-state index contributed by atoms with van der Waals surface area (Å²) in [5, 5.41) is 11.6. The molecule has 0 bridgehead atoms. The molecular weight excluding hydrogens is 322 g/mol. The number of aryl methyl sites for hydroxylation is 1. The third-order valence-electron chi connectivity index (χ3n) is 3.56. The summed E-state index contributed by atoms with van der Waals surface area (Å²) < 4.78 is 0. The van der Waals surface area contributed by atoms with Crippen molar-refractivity contribution < 1.29 is 14.8 Å². The Bertz CT molecular complexity index is 723. The number of fused-ring (bicyclic) bond motifs is 1. The first-order chi connectivity index (χ1) is 10.6. The van der Waals surface area contributed by atoms with Gasteiger partial charge >= 0.3 is 0 Å². The van der Waals surface area contributed by atoms with Gasteiger partial charge in [-0.15, -0.1) is 22.7 Å². The van der Waals surface area contributed by atoms with Crippen LogP contribution in [0.3, 0.4) is 0 Å². The molecule has 2 aromatic rings. The second kappa shape index (κ2) is 6.15. The van der Waals surface area contributed by atoms with E-state index in [0.717, 1.165) is 27.6 Å². The van der Waals surface area contributed by atoms with Crippen molar-refractivity contribution >= 4 is 34.5 Å². The molecule has 0 atom stereocenters. The number of thiazole rings is 1. The second-order valence-electron chi connectivity index (χ2n) is 5.10. The lowest BCUT2D eigenvalue weighted by Crippen LogP contribution is -2.36. The number of nitrogens with zero attached hydrogens (tertiary/aromatic N) is 2. The number of thiophene rings is 1. The molecule has 0 aromatic carbocycles. The van der Waals surface area contributed by atoms with Crippen molar-refractivity contribution in [1.82, 2.24) is 15.4 Å². The predicted molar refractivity (Wildman–Crippen MR) is 83.2 cm³/mol. The first-order valence-electron chi connectivity index (χ1n) is 6.81. The van der Waals surface area contributed by atoms with Gasteiger partial charge in [-0.3, -0.25) is 14.8 Å². The molecule has 0 fully saturated rings. The summed E-state index contributed by atoms with van der Waals surface area (Å²) in [6.45, 7) is 3.08. The van der Waals surface area contributed by atoms with Gasteiger partial charge in [0.1, 0.15) is 0 Å². The third kappa shape index (κ3) is 3.03. The highest BCUT2D eigenvalue weighted by molar-refractivity contribution is 7.14. The van der Waals surface area contributed by atoms with Gasteiger partial charge in [-0.25, -0.2) is 10.5 Å². The Labute approximate surface area is 135 Å². The predicted octanol–water partition coefficient (Wildman–Crippen LogP) is 1.76. The summed E-state index contributed by atoms with van der Waals surface area (Å²) in [5.74, 6) is -0.451. The molecule has 2 N–H and O–H groups in total. The highest BCUT2D eigenvalue weighted by atomic mass is 32.1. The molecule has 0 saturated heterocycles. The van der Waals surface area contributed by atoms with Crippen LogP contribution in [0.5, 0.6) is 0 Å². The molecule has 0 radical (unpaired) electrons. The van der Waals surface area contributed by atoms with E-state index < -0.39 is 5.91 Å². The van der Waals surface area contributed by atoms with Crippen LogP contribution in [-0.2, 0) is 24.2 Å². The molecule has 6 nitrogen and oxygen atoms in total. The summed E-state index contributed by atoms with van der Waals surface area (Å²) in [7, 11) is 0. The molecule has 2 aromatic heterocycles. The van der Waals surface area contributed by atoms with Crippen molar-refractivity contribution in [1.29, 1.82) is 0 Å². The van der Waals surface area contributed by atoms with E-state index in [2.05, 4.69) is 4.98 Å². The first kappa shape index (κ1) is 15.1. The van der Waals surface area contributed by atoms with Gasteiger partial charge in [-0.05, 0) is 25.0 Å². The molecule has 3 heterocycles. The summed E-state index contributed by atoms with van der Waals surface area (Å²) in [6, 6.07) is 1.79.